The molecule has 1 amide bonds. The molecule has 0 aliphatic carbocycles. The summed E-state index contributed by atoms with van der Waals surface area (Å²) in [5.74, 6) is 1.88. The Morgan fingerprint density at radius 3 is 2.69 bits per heavy atom. The molecule has 5 heterocycles. The van der Waals surface area contributed by atoms with Gasteiger partial charge in [0.25, 0.3) is 0 Å². The number of aromatic nitrogens is 2. The maximum absolute atomic E-state index is 13.2. The summed E-state index contributed by atoms with van der Waals surface area (Å²) in [5, 5.41) is 10.2. The third kappa shape index (κ3) is 4.70. The zero-order valence-corrected chi connectivity index (χ0v) is 19.9. The number of fused-ring (bicyclic) bond motifs is 3. The average Bonchev–Trinajstić information content (AvgIpc) is 3.22. The van der Waals surface area contributed by atoms with Gasteiger partial charge in [-0.25, -0.2) is 4.98 Å². The van der Waals surface area contributed by atoms with E-state index in [1.807, 2.05) is 0 Å². The highest BCUT2D eigenvalue weighted by Crippen LogP contribution is 2.36. The standard InChI is InChI=1S/C23H34N6O2S/c1-15(2)24-21-19-6-11-32-22(19)27-23(26-21)25-16-12-17-4-3-5-18(13-16)29(17)20(30)14-28-7-9-31-10-8-28/h6,11,15-18H,3-5,7-10,12-14H2,1-2H3,(H2,24,25,26,27)/t16?,17-,18+. The van der Waals surface area contributed by atoms with E-state index >= 15 is 0 Å². The molecule has 8 nitrogen and oxygen atoms in total. The molecule has 0 saturated carbocycles. The number of morpholine rings is 1. The van der Waals surface area contributed by atoms with Gasteiger partial charge in [0.1, 0.15) is 10.6 Å². The molecule has 0 spiro atoms. The van der Waals surface area contributed by atoms with E-state index in [4.69, 9.17) is 14.7 Å². The van der Waals surface area contributed by atoms with E-state index in [1.54, 1.807) is 11.3 Å². The third-order valence-corrected chi connectivity index (χ3v) is 7.62. The van der Waals surface area contributed by atoms with E-state index in [0.29, 0.717) is 42.6 Å². The fourth-order valence-corrected chi connectivity index (χ4v) is 6.19. The number of carbonyl (C=O) groups is 1. The van der Waals surface area contributed by atoms with Crippen LogP contribution in [0.3, 0.4) is 0 Å². The van der Waals surface area contributed by atoms with E-state index in [0.717, 1.165) is 68.0 Å². The summed E-state index contributed by atoms with van der Waals surface area (Å²) < 4.78 is 5.43. The number of thiophene rings is 1. The van der Waals surface area contributed by atoms with Gasteiger partial charge in [-0.1, -0.05) is 0 Å². The van der Waals surface area contributed by atoms with Crippen LogP contribution in [0, 0.1) is 0 Å². The molecular weight excluding hydrogens is 424 g/mol. The summed E-state index contributed by atoms with van der Waals surface area (Å²) in [6.45, 7) is 7.94. The molecule has 2 N–H and O–H groups in total. The number of amides is 1. The van der Waals surface area contributed by atoms with Gasteiger partial charge in [-0.3, -0.25) is 9.69 Å². The molecule has 174 valence electrons. The lowest BCUT2D eigenvalue weighted by molar-refractivity contribution is -0.143. The SMILES string of the molecule is CC(C)Nc1nc(NC2C[C@H]3CCC[C@@H](C2)N3C(=O)CN2CCOCC2)nc2sccc12. The quantitative estimate of drug-likeness (QED) is 0.688. The van der Waals surface area contributed by atoms with E-state index in [2.05, 4.69) is 45.7 Å². The number of rotatable bonds is 6. The largest absolute Gasteiger partial charge is 0.379 e. The first-order valence-corrected chi connectivity index (χ1v) is 12.8. The number of nitrogens with zero attached hydrogens (tertiary/aromatic N) is 4. The van der Waals surface area contributed by atoms with Crippen molar-refractivity contribution in [1.82, 2.24) is 19.8 Å². The van der Waals surface area contributed by atoms with Gasteiger partial charge in [0.2, 0.25) is 11.9 Å². The number of hydrogen-bond donors (Lipinski definition) is 2. The maximum Gasteiger partial charge on any atom is 0.237 e. The van der Waals surface area contributed by atoms with E-state index in [1.165, 1.54) is 6.42 Å². The second-order valence-corrected chi connectivity index (χ2v) is 10.5. The average molecular weight is 459 g/mol. The normalized spacial score (nSPS) is 26.5. The Morgan fingerprint density at radius 1 is 1.22 bits per heavy atom. The van der Waals surface area contributed by atoms with Gasteiger partial charge in [-0.05, 0) is 57.4 Å². The highest BCUT2D eigenvalue weighted by Gasteiger charge is 2.41. The highest BCUT2D eigenvalue weighted by atomic mass is 32.1. The van der Waals surface area contributed by atoms with Gasteiger partial charge in [-0.2, -0.15) is 4.98 Å². The molecule has 3 atom stereocenters. The van der Waals surface area contributed by atoms with Crippen LogP contribution in [0.25, 0.3) is 10.2 Å². The van der Waals surface area contributed by atoms with E-state index in [9.17, 15) is 4.79 Å². The number of anilines is 2. The Balaban J connectivity index is 1.27. The Bertz CT molecular complexity index is 930. The summed E-state index contributed by atoms with van der Waals surface area (Å²) >= 11 is 1.64. The molecule has 2 aromatic heterocycles. The number of carbonyl (C=O) groups excluding carboxylic acids is 1. The first-order valence-electron chi connectivity index (χ1n) is 12.0. The van der Waals surface area contributed by atoms with Gasteiger partial charge < -0.3 is 20.3 Å². The van der Waals surface area contributed by atoms with Crippen LogP contribution in [0.15, 0.2) is 11.4 Å². The minimum atomic E-state index is 0.291. The second-order valence-electron chi connectivity index (χ2n) is 9.58. The lowest BCUT2D eigenvalue weighted by atomic mass is 9.81. The number of piperidine rings is 2. The zero-order chi connectivity index (χ0) is 22.1. The Labute approximate surface area is 193 Å². The molecule has 3 saturated heterocycles. The van der Waals surface area contributed by atoms with Crippen molar-refractivity contribution in [1.29, 1.82) is 0 Å². The number of hydrogen-bond acceptors (Lipinski definition) is 8. The molecule has 3 fully saturated rings. The van der Waals surface area contributed by atoms with Crippen LogP contribution in [-0.4, -0.2) is 82.7 Å². The summed E-state index contributed by atoms with van der Waals surface area (Å²) in [6.07, 6.45) is 5.32. The highest BCUT2D eigenvalue weighted by molar-refractivity contribution is 7.16. The van der Waals surface area contributed by atoms with Gasteiger partial charge in [0.15, 0.2) is 0 Å². The van der Waals surface area contributed by atoms with Crippen molar-refractivity contribution < 1.29 is 9.53 Å². The molecule has 0 aromatic carbocycles. The van der Waals surface area contributed by atoms with Gasteiger partial charge in [-0.15, -0.1) is 11.3 Å². The molecule has 0 radical (unpaired) electrons. The van der Waals surface area contributed by atoms with Crippen molar-refractivity contribution in [3.63, 3.8) is 0 Å². The van der Waals surface area contributed by atoms with Gasteiger partial charge in [0.05, 0.1) is 25.1 Å². The van der Waals surface area contributed by atoms with Crippen molar-refractivity contribution in [3.05, 3.63) is 11.4 Å². The van der Waals surface area contributed by atoms with E-state index < -0.39 is 0 Å². The van der Waals surface area contributed by atoms with Crippen LogP contribution in [0.4, 0.5) is 11.8 Å². The number of nitrogens with one attached hydrogen (secondary N) is 2. The first-order chi connectivity index (χ1) is 15.6. The Hall–Kier alpha value is -1.97. The van der Waals surface area contributed by atoms with Crippen LogP contribution in [0.1, 0.15) is 46.0 Å². The minimum absolute atomic E-state index is 0.291. The zero-order valence-electron chi connectivity index (χ0n) is 19.0. The van der Waals surface area contributed by atoms with Crippen LogP contribution < -0.4 is 10.6 Å². The molecule has 9 heteroatoms. The van der Waals surface area contributed by atoms with Crippen molar-refractivity contribution in [2.24, 2.45) is 0 Å². The molecule has 3 aliphatic rings. The summed E-state index contributed by atoms with van der Waals surface area (Å²) in [6, 6.07) is 3.31. The second kappa shape index (κ2) is 9.49. The van der Waals surface area contributed by atoms with E-state index in [-0.39, 0.29) is 0 Å². The van der Waals surface area contributed by atoms with Gasteiger partial charge >= 0.3 is 0 Å². The third-order valence-electron chi connectivity index (χ3n) is 6.81. The molecular formula is C23H34N6O2S. The van der Waals surface area contributed by atoms with Crippen molar-refractivity contribution in [3.8, 4) is 0 Å². The smallest absolute Gasteiger partial charge is 0.237 e. The fraction of sp³-hybridized carbons (Fsp3) is 0.696. The van der Waals surface area contributed by atoms with Crippen molar-refractivity contribution >= 4 is 39.2 Å². The van der Waals surface area contributed by atoms with Crippen LogP contribution >= 0.6 is 11.3 Å². The lowest BCUT2D eigenvalue weighted by Crippen LogP contribution is -2.59. The first kappa shape index (κ1) is 21.9. The fourth-order valence-electron chi connectivity index (χ4n) is 5.42. The molecule has 3 aliphatic heterocycles. The van der Waals surface area contributed by atoms with Crippen LogP contribution in [0.2, 0.25) is 0 Å². The van der Waals surface area contributed by atoms with Gasteiger partial charge in [0, 0.05) is 37.3 Å². The molecule has 1 unspecified atom stereocenters. The molecule has 2 bridgehead atoms. The molecule has 2 aromatic rings. The predicted octanol–water partition coefficient (Wildman–Crippen LogP) is 3.17. The Morgan fingerprint density at radius 2 is 1.97 bits per heavy atom. The Kier molecular flexibility index (Phi) is 6.48. The number of ether oxygens (including phenoxy) is 1. The van der Waals surface area contributed by atoms with Crippen LogP contribution in [-0.2, 0) is 9.53 Å². The monoisotopic (exact) mass is 458 g/mol. The summed E-state index contributed by atoms with van der Waals surface area (Å²) in [7, 11) is 0. The molecule has 5 rings (SSSR count). The summed E-state index contributed by atoms with van der Waals surface area (Å²) in [5.41, 5.74) is 0. The van der Waals surface area contributed by atoms with Crippen LogP contribution in [0.5, 0.6) is 0 Å². The predicted molar refractivity (Wildman–Crippen MR) is 128 cm³/mol. The topological polar surface area (TPSA) is 82.6 Å². The summed E-state index contributed by atoms with van der Waals surface area (Å²) in [4.78, 5) is 28.2. The minimum Gasteiger partial charge on any atom is -0.379 e. The lowest BCUT2D eigenvalue weighted by Gasteiger charge is -2.49. The van der Waals surface area contributed by atoms with Crippen molar-refractivity contribution in [2.45, 2.75) is 70.1 Å². The maximum atomic E-state index is 13.2. The van der Waals surface area contributed by atoms with Crippen molar-refractivity contribution in [2.75, 3.05) is 43.5 Å². The molecule has 32 heavy (non-hydrogen) atoms.